The maximum Gasteiger partial charge on any atom is 0.334 e. The summed E-state index contributed by atoms with van der Waals surface area (Å²) in [5.41, 5.74) is 0. The zero-order valence-electron chi connectivity index (χ0n) is 14.0. The lowest BCUT2D eigenvalue weighted by Crippen LogP contribution is -2.48. The average Bonchev–Trinajstić information content (AvgIpc) is 2.70. The van der Waals surface area contributed by atoms with Crippen molar-refractivity contribution in [2.45, 2.75) is 52.5 Å². The summed E-state index contributed by atoms with van der Waals surface area (Å²) in [5, 5.41) is 2.91. The maximum atomic E-state index is 12.2. The van der Waals surface area contributed by atoms with Gasteiger partial charge in [0.2, 0.25) is 5.91 Å². The van der Waals surface area contributed by atoms with Gasteiger partial charge >= 0.3 is 17.8 Å². The van der Waals surface area contributed by atoms with Gasteiger partial charge in [0.15, 0.2) is 0 Å². The highest BCUT2D eigenvalue weighted by Gasteiger charge is 2.44. The van der Waals surface area contributed by atoms with E-state index in [-0.39, 0.29) is 25.0 Å². The molecular weight excluding hydrogens is 298 g/mol. The molecule has 2 aliphatic rings. The molecule has 2 rings (SSSR count). The fourth-order valence-electron chi connectivity index (χ4n) is 3.29. The quantitative estimate of drug-likeness (QED) is 0.607. The minimum absolute atomic E-state index is 0.0569. The molecule has 1 saturated carbocycles. The molecule has 1 aliphatic carbocycles. The van der Waals surface area contributed by atoms with Crippen molar-refractivity contribution in [2.75, 3.05) is 13.1 Å². The molecule has 5 amide bonds. The molecule has 1 saturated heterocycles. The highest BCUT2D eigenvalue weighted by atomic mass is 16.2. The number of carbonyl (C=O) groups excluding carboxylic acids is 4. The first-order chi connectivity index (χ1) is 10.9. The zero-order valence-corrected chi connectivity index (χ0v) is 14.0. The molecule has 23 heavy (non-hydrogen) atoms. The Labute approximate surface area is 136 Å². The van der Waals surface area contributed by atoms with Crippen molar-refractivity contribution in [1.29, 1.82) is 0 Å². The number of amides is 5. The van der Waals surface area contributed by atoms with Gasteiger partial charge < -0.3 is 5.32 Å². The number of rotatable bonds is 5. The Morgan fingerprint density at radius 2 is 1.78 bits per heavy atom. The molecule has 1 N–H and O–H groups in total. The fourth-order valence-corrected chi connectivity index (χ4v) is 3.29. The van der Waals surface area contributed by atoms with Gasteiger partial charge in [-0.05, 0) is 24.7 Å². The molecule has 0 aromatic carbocycles. The number of imide groups is 2. The summed E-state index contributed by atoms with van der Waals surface area (Å²) in [6.07, 6.45) is 3.68. The van der Waals surface area contributed by atoms with Gasteiger partial charge in [-0.25, -0.2) is 9.69 Å². The van der Waals surface area contributed by atoms with Crippen LogP contribution >= 0.6 is 0 Å². The van der Waals surface area contributed by atoms with Crippen LogP contribution in [-0.4, -0.2) is 52.7 Å². The standard InChI is InChI=1S/C16H25N3O4/c1-4-8-18-14(21)15(22)19(16(18)23)9-13(20)17-12-7-5-6-10(2)11(12)3/h10-12H,4-9H2,1-3H3,(H,17,20)/t10-,11-,12-/m0/s1. The van der Waals surface area contributed by atoms with E-state index in [9.17, 15) is 19.2 Å². The van der Waals surface area contributed by atoms with Crippen molar-refractivity contribution in [1.82, 2.24) is 15.1 Å². The van der Waals surface area contributed by atoms with Crippen molar-refractivity contribution in [3.63, 3.8) is 0 Å². The van der Waals surface area contributed by atoms with E-state index in [0.717, 1.165) is 29.1 Å². The zero-order chi connectivity index (χ0) is 17.1. The van der Waals surface area contributed by atoms with Crippen LogP contribution in [0.4, 0.5) is 4.79 Å². The van der Waals surface area contributed by atoms with Gasteiger partial charge in [0, 0.05) is 12.6 Å². The van der Waals surface area contributed by atoms with Gasteiger partial charge in [0.05, 0.1) is 0 Å². The van der Waals surface area contributed by atoms with Gasteiger partial charge in [0.25, 0.3) is 0 Å². The smallest absolute Gasteiger partial charge is 0.334 e. The molecule has 1 aliphatic heterocycles. The molecule has 7 heteroatoms. The van der Waals surface area contributed by atoms with Crippen LogP contribution in [0.1, 0.15) is 46.5 Å². The van der Waals surface area contributed by atoms with Crippen molar-refractivity contribution < 1.29 is 19.2 Å². The number of urea groups is 1. The molecule has 0 aromatic heterocycles. The molecule has 128 valence electrons. The highest BCUT2D eigenvalue weighted by Crippen LogP contribution is 2.29. The second kappa shape index (κ2) is 7.10. The summed E-state index contributed by atoms with van der Waals surface area (Å²) in [6.45, 7) is 5.89. The molecule has 7 nitrogen and oxygen atoms in total. The Balaban J connectivity index is 1.96. The van der Waals surface area contributed by atoms with Gasteiger partial charge in [0.1, 0.15) is 6.54 Å². The summed E-state index contributed by atoms with van der Waals surface area (Å²) in [4.78, 5) is 49.6. The Kier molecular flexibility index (Phi) is 5.38. The third kappa shape index (κ3) is 3.54. The lowest BCUT2D eigenvalue weighted by Gasteiger charge is -2.34. The summed E-state index contributed by atoms with van der Waals surface area (Å²) < 4.78 is 0. The SMILES string of the molecule is CCCN1C(=O)C(=O)N(CC(=O)N[C@H]2CCC[C@H](C)[C@@H]2C)C1=O. The van der Waals surface area contributed by atoms with Crippen LogP contribution in [0.15, 0.2) is 0 Å². The van der Waals surface area contributed by atoms with E-state index in [0.29, 0.717) is 18.3 Å². The summed E-state index contributed by atoms with van der Waals surface area (Å²) >= 11 is 0. The minimum Gasteiger partial charge on any atom is -0.352 e. The van der Waals surface area contributed by atoms with E-state index >= 15 is 0 Å². The third-order valence-corrected chi connectivity index (χ3v) is 4.94. The molecule has 0 bridgehead atoms. The monoisotopic (exact) mass is 323 g/mol. The number of hydrogen-bond acceptors (Lipinski definition) is 4. The molecular formula is C16H25N3O4. The topological polar surface area (TPSA) is 86.8 Å². The fraction of sp³-hybridized carbons (Fsp3) is 0.750. The maximum absolute atomic E-state index is 12.2. The first-order valence-corrected chi connectivity index (χ1v) is 8.33. The van der Waals surface area contributed by atoms with Gasteiger partial charge in [-0.2, -0.15) is 0 Å². The Bertz CT molecular complexity index is 519. The summed E-state index contributed by atoms with van der Waals surface area (Å²) in [7, 11) is 0. The minimum atomic E-state index is -0.913. The summed E-state index contributed by atoms with van der Waals surface area (Å²) in [5.74, 6) is -1.25. The second-order valence-corrected chi connectivity index (χ2v) is 6.57. The molecule has 0 spiro atoms. The van der Waals surface area contributed by atoms with Crippen molar-refractivity contribution in [3.05, 3.63) is 0 Å². The van der Waals surface area contributed by atoms with Gasteiger partial charge in [-0.3, -0.25) is 19.3 Å². The number of hydrogen-bond donors (Lipinski definition) is 1. The molecule has 0 unspecified atom stereocenters. The third-order valence-electron chi connectivity index (χ3n) is 4.94. The van der Waals surface area contributed by atoms with E-state index in [4.69, 9.17) is 0 Å². The van der Waals surface area contributed by atoms with Crippen molar-refractivity contribution >= 4 is 23.8 Å². The molecule has 0 radical (unpaired) electrons. The lowest BCUT2D eigenvalue weighted by atomic mass is 9.78. The second-order valence-electron chi connectivity index (χ2n) is 6.57. The van der Waals surface area contributed by atoms with Crippen LogP contribution in [0.3, 0.4) is 0 Å². The van der Waals surface area contributed by atoms with Crippen LogP contribution in [-0.2, 0) is 14.4 Å². The van der Waals surface area contributed by atoms with E-state index in [1.165, 1.54) is 0 Å². The normalized spacial score (nSPS) is 28.5. The van der Waals surface area contributed by atoms with Crippen LogP contribution < -0.4 is 5.32 Å². The Morgan fingerprint density at radius 1 is 1.13 bits per heavy atom. The van der Waals surface area contributed by atoms with E-state index in [1.807, 2.05) is 6.92 Å². The van der Waals surface area contributed by atoms with Gasteiger partial charge in [-0.1, -0.05) is 33.6 Å². The molecule has 3 atom stereocenters. The van der Waals surface area contributed by atoms with Crippen LogP contribution in [0.25, 0.3) is 0 Å². The number of nitrogens with one attached hydrogen (secondary N) is 1. The lowest BCUT2D eigenvalue weighted by molar-refractivity contribution is -0.144. The van der Waals surface area contributed by atoms with E-state index < -0.39 is 17.8 Å². The Hall–Kier alpha value is -1.92. The van der Waals surface area contributed by atoms with Gasteiger partial charge in [-0.15, -0.1) is 0 Å². The molecule has 2 fully saturated rings. The first kappa shape index (κ1) is 17.4. The predicted octanol–water partition coefficient (Wildman–Crippen LogP) is 1.13. The number of nitrogens with zero attached hydrogens (tertiary/aromatic N) is 2. The van der Waals surface area contributed by atoms with Crippen LogP contribution in [0.5, 0.6) is 0 Å². The molecule has 1 heterocycles. The van der Waals surface area contributed by atoms with Crippen molar-refractivity contribution in [2.24, 2.45) is 11.8 Å². The average molecular weight is 323 g/mol. The molecule has 0 aromatic rings. The van der Waals surface area contributed by atoms with Crippen LogP contribution in [0, 0.1) is 11.8 Å². The first-order valence-electron chi connectivity index (χ1n) is 8.33. The van der Waals surface area contributed by atoms with E-state index in [1.54, 1.807) is 0 Å². The largest absolute Gasteiger partial charge is 0.352 e. The van der Waals surface area contributed by atoms with Crippen molar-refractivity contribution in [3.8, 4) is 0 Å². The summed E-state index contributed by atoms with van der Waals surface area (Å²) in [6, 6.07) is -0.636. The predicted molar refractivity (Wildman–Crippen MR) is 83.2 cm³/mol. The Morgan fingerprint density at radius 3 is 2.43 bits per heavy atom. The highest BCUT2D eigenvalue weighted by molar-refractivity contribution is 6.45. The van der Waals surface area contributed by atoms with Crippen LogP contribution in [0.2, 0.25) is 0 Å². The van der Waals surface area contributed by atoms with E-state index in [2.05, 4.69) is 19.2 Å². The number of carbonyl (C=O) groups is 4.